The Labute approximate surface area is 91.4 Å². The first-order valence-corrected chi connectivity index (χ1v) is 4.76. The summed E-state index contributed by atoms with van der Waals surface area (Å²) in [5, 5.41) is 10.7. The molecule has 0 aromatic heterocycles. The van der Waals surface area contributed by atoms with Crippen molar-refractivity contribution in [1.29, 1.82) is 0 Å². The molecule has 1 aromatic carbocycles. The van der Waals surface area contributed by atoms with Gasteiger partial charge in [-0.15, -0.1) is 0 Å². The van der Waals surface area contributed by atoms with Crippen LogP contribution in [0.3, 0.4) is 0 Å². The minimum atomic E-state index is -4.64. The molecule has 0 spiro atoms. The van der Waals surface area contributed by atoms with E-state index < -0.39 is 11.9 Å². The summed E-state index contributed by atoms with van der Waals surface area (Å²) in [5.74, 6) is 0.245. The minimum Gasteiger partial charge on any atom is -0.410 e. The van der Waals surface area contributed by atoms with Gasteiger partial charge in [0.1, 0.15) is 0 Å². The van der Waals surface area contributed by atoms with Gasteiger partial charge in [0.25, 0.3) is 0 Å². The predicted molar refractivity (Wildman–Crippen MR) is 54.9 cm³/mol. The van der Waals surface area contributed by atoms with E-state index in [0.29, 0.717) is 0 Å². The largest absolute Gasteiger partial charge is 0.437 e. The van der Waals surface area contributed by atoms with E-state index in [1.165, 1.54) is 12.1 Å². The van der Waals surface area contributed by atoms with Gasteiger partial charge in [0.05, 0.1) is 0 Å². The van der Waals surface area contributed by atoms with Gasteiger partial charge in [-0.25, -0.2) is 0 Å². The van der Waals surface area contributed by atoms with E-state index in [1.54, 1.807) is 12.1 Å². The van der Waals surface area contributed by atoms with E-state index in [2.05, 4.69) is 5.16 Å². The van der Waals surface area contributed by atoms with Crippen molar-refractivity contribution in [3.8, 4) is 0 Å². The maximum absolute atomic E-state index is 12.4. The molecule has 2 nitrogen and oxygen atoms in total. The second kappa shape index (κ2) is 4.55. The number of hydrogen-bond donors (Lipinski definition) is 1. The van der Waals surface area contributed by atoms with Crippen LogP contribution < -0.4 is 0 Å². The Morgan fingerprint density at radius 3 is 2.00 bits per heavy atom. The molecule has 0 heterocycles. The van der Waals surface area contributed by atoms with Crippen molar-refractivity contribution in [2.24, 2.45) is 5.16 Å². The number of oxime groups is 1. The van der Waals surface area contributed by atoms with Gasteiger partial charge in [0, 0.05) is 5.56 Å². The highest BCUT2D eigenvalue weighted by Gasteiger charge is 2.37. The van der Waals surface area contributed by atoms with Crippen LogP contribution in [-0.2, 0) is 0 Å². The first-order valence-electron chi connectivity index (χ1n) is 4.76. The Bertz CT molecular complexity index is 379. The molecule has 0 saturated heterocycles. The third kappa shape index (κ3) is 2.74. The fraction of sp³-hybridized carbons (Fsp3) is 0.364. The fourth-order valence-electron chi connectivity index (χ4n) is 1.30. The summed E-state index contributed by atoms with van der Waals surface area (Å²) in [7, 11) is 0. The highest BCUT2D eigenvalue weighted by molar-refractivity contribution is 6.04. The van der Waals surface area contributed by atoms with E-state index in [4.69, 9.17) is 5.21 Å². The molecule has 0 aliphatic rings. The first kappa shape index (κ1) is 12.5. The summed E-state index contributed by atoms with van der Waals surface area (Å²) >= 11 is 0. The molecular formula is C11H12F3NO. The van der Waals surface area contributed by atoms with Crippen LogP contribution in [0.4, 0.5) is 13.2 Å². The lowest BCUT2D eigenvalue weighted by Crippen LogP contribution is -2.24. The molecule has 0 unspecified atom stereocenters. The number of nitrogens with zero attached hydrogens (tertiary/aromatic N) is 1. The fourth-order valence-corrected chi connectivity index (χ4v) is 1.30. The van der Waals surface area contributed by atoms with Gasteiger partial charge in [-0.05, 0) is 11.5 Å². The Morgan fingerprint density at radius 2 is 1.69 bits per heavy atom. The zero-order valence-corrected chi connectivity index (χ0v) is 8.92. The second-order valence-electron chi connectivity index (χ2n) is 3.72. The summed E-state index contributed by atoms with van der Waals surface area (Å²) in [5.41, 5.74) is -0.481. The molecule has 1 aromatic rings. The van der Waals surface area contributed by atoms with Crippen LogP contribution in [0, 0.1) is 0 Å². The Kier molecular flexibility index (Phi) is 3.57. The van der Waals surface area contributed by atoms with Gasteiger partial charge in [0.15, 0.2) is 5.71 Å². The van der Waals surface area contributed by atoms with Crippen LogP contribution >= 0.6 is 0 Å². The lowest BCUT2D eigenvalue weighted by molar-refractivity contribution is -0.0601. The van der Waals surface area contributed by atoms with Crippen molar-refractivity contribution in [3.63, 3.8) is 0 Å². The monoisotopic (exact) mass is 231 g/mol. The van der Waals surface area contributed by atoms with E-state index in [0.717, 1.165) is 5.56 Å². The van der Waals surface area contributed by atoms with Crippen LogP contribution in [-0.4, -0.2) is 17.1 Å². The lowest BCUT2D eigenvalue weighted by atomic mass is 10.0. The second-order valence-corrected chi connectivity index (χ2v) is 3.72. The zero-order chi connectivity index (χ0) is 12.3. The molecule has 1 rings (SSSR count). The normalized spacial score (nSPS) is 13.2. The van der Waals surface area contributed by atoms with Gasteiger partial charge in [-0.1, -0.05) is 43.3 Å². The van der Waals surface area contributed by atoms with Crippen molar-refractivity contribution in [2.75, 3.05) is 0 Å². The quantitative estimate of drug-likeness (QED) is 0.471. The number of benzene rings is 1. The van der Waals surface area contributed by atoms with Crippen LogP contribution in [0.15, 0.2) is 29.4 Å². The van der Waals surface area contributed by atoms with Crippen LogP contribution in [0.5, 0.6) is 0 Å². The van der Waals surface area contributed by atoms with Crippen molar-refractivity contribution < 1.29 is 18.4 Å². The molecule has 0 bridgehead atoms. The summed E-state index contributed by atoms with van der Waals surface area (Å²) in [4.78, 5) is 0. The summed E-state index contributed by atoms with van der Waals surface area (Å²) in [6.07, 6.45) is -4.64. The van der Waals surface area contributed by atoms with Crippen molar-refractivity contribution in [3.05, 3.63) is 35.4 Å². The van der Waals surface area contributed by atoms with Crippen LogP contribution in [0.1, 0.15) is 30.9 Å². The summed E-state index contributed by atoms with van der Waals surface area (Å²) in [6, 6.07) is 5.80. The third-order valence-corrected chi connectivity index (χ3v) is 2.22. The highest BCUT2D eigenvalue weighted by Crippen LogP contribution is 2.23. The van der Waals surface area contributed by atoms with E-state index in [1.807, 2.05) is 13.8 Å². The number of hydrogen-bond acceptors (Lipinski definition) is 2. The molecule has 0 fully saturated rings. The van der Waals surface area contributed by atoms with Crippen LogP contribution in [0.2, 0.25) is 0 Å². The molecule has 16 heavy (non-hydrogen) atoms. The Balaban J connectivity index is 3.06. The molecule has 0 saturated carbocycles. The third-order valence-electron chi connectivity index (χ3n) is 2.22. The standard InChI is InChI=1S/C11H12F3NO/c1-7(2)8-3-5-9(6-4-8)10(15-16)11(12,13)14/h3-7,16H,1-2H3/b15-10-. The molecule has 0 aliphatic heterocycles. The molecule has 88 valence electrons. The van der Waals surface area contributed by atoms with Crippen molar-refractivity contribution in [1.82, 2.24) is 0 Å². The minimum absolute atomic E-state index is 0.139. The van der Waals surface area contributed by atoms with Crippen molar-refractivity contribution in [2.45, 2.75) is 25.9 Å². The average molecular weight is 231 g/mol. The molecule has 0 radical (unpaired) electrons. The molecule has 5 heteroatoms. The summed E-state index contributed by atoms with van der Waals surface area (Å²) < 4.78 is 37.1. The van der Waals surface area contributed by atoms with E-state index in [-0.39, 0.29) is 11.5 Å². The summed E-state index contributed by atoms with van der Waals surface area (Å²) in [6.45, 7) is 3.89. The maximum atomic E-state index is 12.4. The van der Waals surface area contributed by atoms with Gasteiger partial charge < -0.3 is 5.21 Å². The number of rotatable bonds is 2. The molecule has 1 N–H and O–H groups in total. The lowest BCUT2D eigenvalue weighted by Gasteiger charge is -2.10. The van der Waals surface area contributed by atoms with Gasteiger partial charge >= 0.3 is 6.18 Å². The van der Waals surface area contributed by atoms with Gasteiger partial charge in [-0.2, -0.15) is 13.2 Å². The molecular weight excluding hydrogens is 219 g/mol. The van der Waals surface area contributed by atoms with Crippen LogP contribution in [0.25, 0.3) is 0 Å². The molecule has 0 amide bonds. The Morgan fingerprint density at radius 1 is 1.19 bits per heavy atom. The SMILES string of the molecule is CC(C)c1ccc(/C(=N/O)C(F)(F)F)cc1. The van der Waals surface area contributed by atoms with E-state index in [9.17, 15) is 13.2 Å². The smallest absolute Gasteiger partial charge is 0.410 e. The number of alkyl halides is 3. The zero-order valence-electron chi connectivity index (χ0n) is 8.92. The van der Waals surface area contributed by atoms with Gasteiger partial charge in [0.2, 0.25) is 0 Å². The van der Waals surface area contributed by atoms with E-state index >= 15 is 0 Å². The predicted octanol–water partition coefficient (Wildman–Crippen LogP) is 3.55. The Hall–Kier alpha value is -1.52. The molecule has 0 atom stereocenters. The highest BCUT2D eigenvalue weighted by atomic mass is 19.4. The van der Waals surface area contributed by atoms with Gasteiger partial charge in [-0.3, -0.25) is 0 Å². The number of halogens is 3. The average Bonchev–Trinajstić information content (AvgIpc) is 2.17. The molecule has 0 aliphatic carbocycles. The topological polar surface area (TPSA) is 32.6 Å². The van der Waals surface area contributed by atoms with Crippen molar-refractivity contribution >= 4 is 5.71 Å². The maximum Gasteiger partial charge on any atom is 0.437 e. The first-order chi connectivity index (χ1) is 7.36.